The first-order valence-electron chi connectivity index (χ1n) is 7.66. The number of aliphatic hydroxyl groups is 1. The molecular formula is C19H17F2NO4. The van der Waals surface area contributed by atoms with Crippen molar-refractivity contribution in [1.29, 1.82) is 0 Å². The zero-order valence-electron chi connectivity index (χ0n) is 14.0. The number of benzene rings is 2. The Labute approximate surface area is 149 Å². The number of methoxy groups -OCH3 is 1. The number of aliphatic hydroxyl groups excluding tert-OH is 1. The molecule has 2 aromatic rings. The molecule has 0 aromatic heterocycles. The predicted molar refractivity (Wildman–Crippen MR) is 89.8 cm³/mol. The van der Waals surface area contributed by atoms with Crippen molar-refractivity contribution in [2.45, 2.75) is 13.1 Å². The van der Waals surface area contributed by atoms with Crippen molar-refractivity contribution in [1.82, 2.24) is 4.90 Å². The van der Waals surface area contributed by atoms with Crippen LogP contribution < -0.4 is 0 Å². The molecule has 0 fully saturated rings. The van der Waals surface area contributed by atoms with Crippen LogP contribution in [-0.2, 0) is 27.4 Å². The van der Waals surface area contributed by atoms with Gasteiger partial charge in [0.25, 0.3) is 5.91 Å². The van der Waals surface area contributed by atoms with E-state index in [1.165, 1.54) is 53.4 Å². The minimum Gasteiger partial charge on any atom is -0.502 e. The van der Waals surface area contributed by atoms with Gasteiger partial charge < -0.3 is 14.7 Å². The molecular weight excluding hydrogens is 344 g/mol. The van der Waals surface area contributed by atoms with E-state index in [1.807, 2.05) is 0 Å². The average Bonchev–Trinajstić information content (AvgIpc) is 2.63. The monoisotopic (exact) mass is 361 g/mol. The zero-order valence-corrected chi connectivity index (χ0v) is 14.0. The summed E-state index contributed by atoms with van der Waals surface area (Å²) in [4.78, 5) is 25.0. The zero-order chi connectivity index (χ0) is 19.1. The standard InChI is InChI=1S/C19H17F2NO4/c1-26-19(25)17(23)10-18(24)22(11-13-2-6-15(20)7-3-13)12-14-4-8-16(21)9-5-14/h2-10,23H,11-12H2,1H3/b17-10-. The van der Waals surface area contributed by atoms with Gasteiger partial charge in [0.15, 0.2) is 0 Å². The maximum absolute atomic E-state index is 13.1. The molecule has 0 aliphatic carbocycles. The lowest BCUT2D eigenvalue weighted by molar-refractivity contribution is -0.139. The van der Waals surface area contributed by atoms with E-state index in [0.717, 1.165) is 13.2 Å². The van der Waals surface area contributed by atoms with E-state index in [4.69, 9.17) is 0 Å². The third-order valence-electron chi connectivity index (χ3n) is 3.54. The first-order chi connectivity index (χ1) is 12.4. The number of hydrogen-bond acceptors (Lipinski definition) is 4. The Hall–Kier alpha value is -3.22. The van der Waals surface area contributed by atoms with E-state index >= 15 is 0 Å². The maximum Gasteiger partial charge on any atom is 0.373 e. The van der Waals surface area contributed by atoms with Crippen LogP contribution in [0.1, 0.15) is 11.1 Å². The molecule has 0 radical (unpaired) electrons. The van der Waals surface area contributed by atoms with Gasteiger partial charge in [-0.2, -0.15) is 0 Å². The summed E-state index contributed by atoms with van der Waals surface area (Å²) in [7, 11) is 1.08. The van der Waals surface area contributed by atoms with Gasteiger partial charge >= 0.3 is 5.97 Å². The normalized spacial score (nSPS) is 11.1. The Morgan fingerprint density at radius 1 is 0.962 bits per heavy atom. The lowest BCUT2D eigenvalue weighted by atomic mass is 10.1. The molecule has 2 rings (SSSR count). The van der Waals surface area contributed by atoms with Gasteiger partial charge in [-0.05, 0) is 35.4 Å². The van der Waals surface area contributed by atoms with Crippen LogP contribution in [0.5, 0.6) is 0 Å². The number of rotatable bonds is 6. The summed E-state index contributed by atoms with van der Waals surface area (Å²) >= 11 is 0. The van der Waals surface area contributed by atoms with Crippen LogP contribution in [0.25, 0.3) is 0 Å². The maximum atomic E-state index is 13.1. The van der Waals surface area contributed by atoms with Crippen molar-refractivity contribution in [2.24, 2.45) is 0 Å². The summed E-state index contributed by atoms with van der Waals surface area (Å²) < 4.78 is 30.5. The van der Waals surface area contributed by atoms with Gasteiger partial charge in [-0.15, -0.1) is 0 Å². The van der Waals surface area contributed by atoms with Crippen molar-refractivity contribution in [3.8, 4) is 0 Å². The molecule has 5 nitrogen and oxygen atoms in total. The molecule has 2 aromatic carbocycles. The van der Waals surface area contributed by atoms with Crippen LogP contribution in [0, 0.1) is 11.6 Å². The van der Waals surface area contributed by atoms with E-state index in [1.54, 1.807) is 0 Å². The van der Waals surface area contributed by atoms with Gasteiger partial charge in [0.05, 0.1) is 13.2 Å². The van der Waals surface area contributed by atoms with Gasteiger partial charge in [-0.3, -0.25) is 4.79 Å². The molecule has 0 saturated carbocycles. The highest BCUT2D eigenvalue weighted by Crippen LogP contribution is 2.13. The Morgan fingerprint density at radius 3 is 1.77 bits per heavy atom. The molecule has 0 heterocycles. The van der Waals surface area contributed by atoms with Crippen LogP contribution in [0.2, 0.25) is 0 Å². The lowest BCUT2D eigenvalue weighted by Crippen LogP contribution is -2.29. The fourth-order valence-electron chi connectivity index (χ4n) is 2.20. The Bertz CT molecular complexity index is 754. The van der Waals surface area contributed by atoms with Gasteiger partial charge in [0.2, 0.25) is 5.76 Å². The molecule has 0 saturated heterocycles. The van der Waals surface area contributed by atoms with Crippen LogP contribution in [-0.4, -0.2) is 29.0 Å². The molecule has 0 aliphatic heterocycles. The number of halogens is 2. The van der Waals surface area contributed by atoms with E-state index < -0.39 is 29.3 Å². The quantitative estimate of drug-likeness (QED) is 0.488. The SMILES string of the molecule is COC(=O)/C(O)=C/C(=O)N(Cc1ccc(F)cc1)Cc1ccc(F)cc1. The second-order valence-electron chi connectivity index (χ2n) is 5.47. The van der Waals surface area contributed by atoms with Crippen molar-refractivity contribution in [2.75, 3.05) is 7.11 Å². The number of carbonyl (C=O) groups excluding carboxylic acids is 2. The molecule has 0 aliphatic rings. The summed E-state index contributed by atoms with van der Waals surface area (Å²) in [5, 5.41) is 9.58. The second kappa shape index (κ2) is 8.75. The molecule has 0 atom stereocenters. The summed E-state index contributed by atoms with van der Waals surface area (Å²) in [5.74, 6) is -3.34. The number of amides is 1. The first-order valence-corrected chi connectivity index (χ1v) is 7.66. The molecule has 26 heavy (non-hydrogen) atoms. The van der Waals surface area contributed by atoms with E-state index in [2.05, 4.69) is 4.74 Å². The summed E-state index contributed by atoms with van der Waals surface area (Å²) in [6.45, 7) is 0.197. The molecule has 0 bridgehead atoms. The van der Waals surface area contributed by atoms with Gasteiger partial charge in [-0.25, -0.2) is 13.6 Å². The topological polar surface area (TPSA) is 66.8 Å². The lowest BCUT2D eigenvalue weighted by Gasteiger charge is -2.22. The predicted octanol–water partition coefficient (Wildman–Crippen LogP) is 3.11. The van der Waals surface area contributed by atoms with Crippen LogP contribution >= 0.6 is 0 Å². The Morgan fingerprint density at radius 2 is 1.38 bits per heavy atom. The van der Waals surface area contributed by atoms with E-state index in [9.17, 15) is 23.5 Å². The van der Waals surface area contributed by atoms with Crippen LogP contribution in [0.4, 0.5) is 8.78 Å². The van der Waals surface area contributed by atoms with Crippen molar-refractivity contribution in [3.63, 3.8) is 0 Å². The van der Waals surface area contributed by atoms with E-state index in [0.29, 0.717) is 11.1 Å². The fourth-order valence-corrected chi connectivity index (χ4v) is 2.20. The molecule has 1 N–H and O–H groups in total. The Balaban J connectivity index is 2.24. The van der Waals surface area contributed by atoms with E-state index in [-0.39, 0.29) is 13.1 Å². The number of carbonyl (C=O) groups is 2. The van der Waals surface area contributed by atoms with Gasteiger partial charge in [-0.1, -0.05) is 24.3 Å². The van der Waals surface area contributed by atoms with Gasteiger partial charge in [0.1, 0.15) is 11.6 Å². The number of hydrogen-bond donors (Lipinski definition) is 1. The second-order valence-corrected chi connectivity index (χ2v) is 5.47. The molecule has 1 amide bonds. The van der Waals surface area contributed by atoms with Gasteiger partial charge in [0, 0.05) is 13.1 Å². The highest BCUT2D eigenvalue weighted by Gasteiger charge is 2.17. The number of nitrogens with zero attached hydrogens (tertiary/aromatic N) is 1. The fraction of sp³-hybridized carbons (Fsp3) is 0.158. The average molecular weight is 361 g/mol. The molecule has 0 unspecified atom stereocenters. The molecule has 7 heteroatoms. The third kappa shape index (κ3) is 5.41. The van der Waals surface area contributed by atoms with Crippen LogP contribution in [0.3, 0.4) is 0 Å². The number of ether oxygens (including phenoxy) is 1. The third-order valence-corrected chi connectivity index (χ3v) is 3.54. The summed E-state index contributed by atoms with van der Waals surface area (Å²) in [6, 6.07) is 11.1. The minimum absolute atomic E-state index is 0.0987. The molecule has 0 spiro atoms. The highest BCUT2D eigenvalue weighted by atomic mass is 19.1. The Kier molecular flexibility index (Phi) is 6.43. The van der Waals surface area contributed by atoms with Crippen molar-refractivity contribution >= 4 is 11.9 Å². The summed E-state index contributed by atoms with van der Waals surface area (Å²) in [6.07, 6.45) is 0.749. The molecule has 136 valence electrons. The smallest absolute Gasteiger partial charge is 0.373 e. The van der Waals surface area contributed by atoms with Crippen molar-refractivity contribution < 1.29 is 28.2 Å². The van der Waals surface area contributed by atoms with Crippen LogP contribution in [0.15, 0.2) is 60.4 Å². The highest BCUT2D eigenvalue weighted by molar-refractivity contribution is 5.96. The minimum atomic E-state index is -1.04. The van der Waals surface area contributed by atoms with Crippen molar-refractivity contribution in [3.05, 3.63) is 83.1 Å². The number of esters is 1. The summed E-state index contributed by atoms with van der Waals surface area (Å²) in [5.41, 5.74) is 1.29. The largest absolute Gasteiger partial charge is 0.502 e. The first kappa shape index (κ1) is 19.1.